The number of ether oxygens (including phenoxy) is 1. The van der Waals surface area contributed by atoms with Crippen LogP contribution in [0.15, 0.2) is 103 Å². The van der Waals surface area contributed by atoms with E-state index in [0.29, 0.717) is 18.7 Å². The van der Waals surface area contributed by atoms with Gasteiger partial charge in [-0.1, -0.05) is 72.8 Å². The van der Waals surface area contributed by atoms with Crippen molar-refractivity contribution in [3.8, 4) is 16.9 Å². The molecule has 0 aliphatic rings. The third-order valence-corrected chi connectivity index (χ3v) is 5.63. The third-order valence-electron chi connectivity index (χ3n) is 5.63. The minimum atomic E-state index is -1.15. The van der Waals surface area contributed by atoms with E-state index in [4.69, 9.17) is 4.74 Å². The van der Waals surface area contributed by atoms with Crippen LogP contribution in [0, 0.1) is 0 Å². The molecule has 4 rings (SSSR count). The number of carboxylic acid groups (broad SMARTS) is 1. The molecule has 0 radical (unpaired) electrons. The van der Waals surface area contributed by atoms with Gasteiger partial charge in [0, 0.05) is 12.0 Å². The maximum Gasteiger partial charge on any atom is 0.337 e. The number of carbonyl (C=O) groups excluding carboxylic acids is 2. The Kier molecular flexibility index (Phi) is 8.29. The molecule has 0 spiro atoms. The number of amides is 2. The van der Waals surface area contributed by atoms with Crippen molar-refractivity contribution in [2.75, 3.05) is 17.2 Å². The molecule has 0 saturated carbocycles. The van der Waals surface area contributed by atoms with Crippen molar-refractivity contribution in [1.82, 2.24) is 0 Å². The molecule has 0 heterocycles. The molecule has 0 aliphatic carbocycles. The van der Waals surface area contributed by atoms with Gasteiger partial charge in [0.15, 0.2) is 0 Å². The molecule has 0 fully saturated rings. The van der Waals surface area contributed by atoms with Gasteiger partial charge in [-0.25, -0.2) is 4.79 Å². The number of rotatable bonds is 10. The third kappa shape index (κ3) is 6.61. The van der Waals surface area contributed by atoms with Crippen molar-refractivity contribution in [3.05, 3.63) is 114 Å². The first-order valence-electron chi connectivity index (χ1n) is 11.8. The second kappa shape index (κ2) is 12.2. The summed E-state index contributed by atoms with van der Waals surface area (Å²) in [6.45, 7) is 0.353. The van der Waals surface area contributed by atoms with Crippen molar-refractivity contribution in [2.24, 2.45) is 0 Å². The van der Waals surface area contributed by atoms with E-state index in [-0.39, 0.29) is 29.1 Å². The van der Waals surface area contributed by atoms with E-state index in [1.165, 1.54) is 12.1 Å². The molecule has 0 aliphatic heterocycles. The van der Waals surface area contributed by atoms with Crippen LogP contribution < -0.4 is 15.4 Å². The lowest BCUT2D eigenvalue weighted by molar-refractivity contribution is -0.116. The van der Waals surface area contributed by atoms with Crippen LogP contribution in [0.5, 0.6) is 5.75 Å². The van der Waals surface area contributed by atoms with Crippen molar-refractivity contribution >= 4 is 29.2 Å². The van der Waals surface area contributed by atoms with Crippen LogP contribution in [-0.2, 0) is 4.79 Å². The highest BCUT2D eigenvalue weighted by Gasteiger charge is 2.16. The molecule has 186 valence electrons. The lowest BCUT2D eigenvalue weighted by Gasteiger charge is -2.13. The Morgan fingerprint density at radius 1 is 0.676 bits per heavy atom. The predicted molar refractivity (Wildman–Crippen MR) is 143 cm³/mol. The zero-order valence-electron chi connectivity index (χ0n) is 20.0. The van der Waals surface area contributed by atoms with E-state index in [2.05, 4.69) is 10.6 Å². The first-order chi connectivity index (χ1) is 18.0. The molecule has 0 atom stereocenters. The average molecular weight is 495 g/mol. The largest absolute Gasteiger partial charge is 0.493 e. The predicted octanol–water partition coefficient (Wildman–Crippen LogP) is 6.10. The van der Waals surface area contributed by atoms with Gasteiger partial charge < -0.3 is 20.5 Å². The van der Waals surface area contributed by atoms with Crippen LogP contribution in [0.2, 0.25) is 0 Å². The first kappa shape index (κ1) is 25.2. The molecule has 7 nitrogen and oxygen atoms in total. The van der Waals surface area contributed by atoms with Crippen LogP contribution in [0.1, 0.15) is 33.6 Å². The van der Waals surface area contributed by atoms with Gasteiger partial charge in [0.25, 0.3) is 5.91 Å². The number of carboxylic acids is 1. The number of hydrogen-bond acceptors (Lipinski definition) is 4. The molecule has 3 N–H and O–H groups in total. The zero-order valence-corrected chi connectivity index (χ0v) is 20.0. The maximum atomic E-state index is 12.9. The molecule has 0 saturated heterocycles. The number of benzene rings is 4. The number of anilines is 2. The van der Waals surface area contributed by atoms with Gasteiger partial charge in [-0.3, -0.25) is 9.59 Å². The van der Waals surface area contributed by atoms with Gasteiger partial charge in [0.05, 0.1) is 29.1 Å². The highest BCUT2D eigenvalue weighted by atomic mass is 16.5. The van der Waals surface area contributed by atoms with Crippen molar-refractivity contribution in [2.45, 2.75) is 12.8 Å². The highest BCUT2D eigenvalue weighted by molar-refractivity contribution is 6.12. The van der Waals surface area contributed by atoms with Crippen LogP contribution in [0.4, 0.5) is 11.4 Å². The molecular weight excluding hydrogens is 468 g/mol. The monoisotopic (exact) mass is 494 g/mol. The van der Waals surface area contributed by atoms with Crippen molar-refractivity contribution < 1.29 is 24.2 Å². The Balaban J connectivity index is 1.34. The quantitative estimate of drug-likeness (QED) is 0.231. The number of aromatic carboxylic acids is 1. The van der Waals surface area contributed by atoms with Crippen molar-refractivity contribution in [3.63, 3.8) is 0 Å². The minimum absolute atomic E-state index is 0.0220. The van der Waals surface area contributed by atoms with E-state index < -0.39 is 11.9 Å². The normalized spacial score (nSPS) is 10.4. The Labute approximate surface area is 214 Å². The summed E-state index contributed by atoms with van der Waals surface area (Å²) in [4.78, 5) is 36.9. The van der Waals surface area contributed by atoms with Crippen LogP contribution in [-0.4, -0.2) is 29.5 Å². The Morgan fingerprint density at radius 2 is 1.27 bits per heavy atom. The standard InChI is InChI=1S/C30H26N2O5/c33-28(19-10-20-37-27-18-9-6-13-22(27)21-11-2-1-3-12-21)31-25-16-7-4-14-23(25)29(34)32-26-17-8-5-15-24(26)30(35)36/h1-9,11-18H,10,19-20H2,(H,31,33)(H,32,34)(H,35,36). The molecule has 37 heavy (non-hydrogen) atoms. The lowest BCUT2D eigenvalue weighted by atomic mass is 10.1. The number of hydrogen-bond donors (Lipinski definition) is 3. The molecule has 7 heteroatoms. The number of carbonyl (C=O) groups is 3. The van der Waals surface area contributed by atoms with Gasteiger partial charge >= 0.3 is 5.97 Å². The summed E-state index contributed by atoms with van der Waals surface area (Å²) in [7, 11) is 0. The number of nitrogens with one attached hydrogen (secondary N) is 2. The summed E-state index contributed by atoms with van der Waals surface area (Å²) >= 11 is 0. The van der Waals surface area contributed by atoms with Crippen molar-refractivity contribution in [1.29, 1.82) is 0 Å². The fraction of sp³-hybridized carbons (Fsp3) is 0.100. The summed E-state index contributed by atoms with van der Waals surface area (Å²) < 4.78 is 5.96. The molecular formula is C30H26N2O5. The van der Waals surface area contributed by atoms with E-state index in [1.807, 2.05) is 54.6 Å². The van der Waals surface area contributed by atoms with Crippen LogP contribution >= 0.6 is 0 Å². The van der Waals surface area contributed by atoms with E-state index in [9.17, 15) is 19.5 Å². The molecule has 2 amide bonds. The van der Waals surface area contributed by atoms with E-state index in [0.717, 1.165) is 16.9 Å². The van der Waals surface area contributed by atoms with Gasteiger partial charge in [-0.15, -0.1) is 0 Å². The average Bonchev–Trinajstić information content (AvgIpc) is 2.92. The number of para-hydroxylation sites is 3. The van der Waals surface area contributed by atoms with E-state index in [1.54, 1.807) is 36.4 Å². The second-order valence-corrected chi connectivity index (χ2v) is 8.21. The Bertz CT molecular complexity index is 1400. The molecule has 0 bridgehead atoms. The molecule has 4 aromatic rings. The smallest absolute Gasteiger partial charge is 0.337 e. The first-order valence-corrected chi connectivity index (χ1v) is 11.8. The zero-order chi connectivity index (χ0) is 26.0. The minimum Gasteiger partial charge on any atom is -0.493 e. The second-order valence-electron chi connectivity index (χ2n) is 8.21. The lowest BCUT2D eigenvalue weighted by Crippen LogP contribution is -2.19. The molecule has 4 aromatic carbocycles. The summed E-state index contributed by atoms with van der Waals surface area (Å²) in [5, 5.41) is 14.8. The fourth-order valence-electron chi connectivity index (χ4n) is 3.83. The summed E-state index contributed by atoms with van der Waals surface area (Å²) in [5.74, 6) is -1.18. The van der Waals surface area contributed by atoms with Gasteiger partial charge in [0.1, 0.15) is 5.75 Å². The van der Waals surface area contributed by atoms with Crippen LogP contribution in [0.3, 0.4) is 0 Å². The van der Waals surface area contributed by atoms with Gasteiger partial charge in [0.2, 0.25) is 5.91 Å². The summed E-state index contributed by atoms with van der Waals surface area (Å²) in [6.07, 6.45) is 0.681. The Hall–Kier alpha value is -4.91. The van der Waals surface area contributed by atoms with Gasteiger partial charge in [-0.2, -0.15) is 0 Å². The fourth-order valence-corrected chi connectivity index (χ4v) is 3.83. The highest BCUT2D eigenvalue weighted by Crippen LogP contribution is 2.29. The topological polar surface area (TPSA) is 105 Å². The SMILES string of the molecule is O=C(CCCOc1ccccc1-c1ccccc1)Nc1ccccc1C(=O)Nc1ccccc1C(=O)O. The maximum absolute atomic E-state index is 12.9. The molecule has 0 unspecified atom stereocenters. The Morgan fingerprint density at radius 3 is 2.00 bits per heavy atom. The summed E-state index contributed by atoms with van der Waals surface area (Å²) in [6, 6.07) is 30.4. The van der Waals surface area contributed by atoms with Gasteiger partial charge in [-0.05, 0) is 42.3 Å². The summed E-state index contributed by atoms with van der Waals surface area (Å²) in [5.41, 5.74) is 2.76. The molecule has 0 aromatic heterocycles. The van der Waals surface area contributed by atoms with E-state index >= 15 is 0 Å². The van der Waals surface area contributed by atoms with Crippen LogP contribution in [0.25, 0.3) is 11.1 Å².